The van der Waals surface area contributed by atoms with E-state index in [2.05, 4.69) is 0 Å². The molecular weight excluding hydrogens is 212 g/mol. The third-order valence-corrected chi connectivity index (χ3v) is 1.55. The van der Waals surface area contributed by atoms with Gasteiger partial charge in [0.25, 0.3) is 0 Å². The predicted molar refractivity (Wildman–Crippen MR) is 52.2 cm³/mol. The van der Waals surface area contributed by atoms with Gasteiger partial charge in [-0.1, -0.05) is 0 Å². The Morgan fingerprint density at radius 2 is 1.93 bits per heavy atom. The molecule has 0 unspecified atom stereocenters. The van der Waals surface area contributed by atoms with Gasteiger partial charge < -0.3 is 20.8 Å². The van der Waals surface area contributed by atoms with Crippen LogP contribution in [0.3, 0.4) is 0 Å². The van der Waals surface area contributed by atoms with Crippen LogP contribution in [-0.4, -0.2) is 52.7 Å². The highest BCUT2D eigenvalue weighted by Crippen LogP contribution is 1.94. The first-order valence-corrected chi connectivity index (χ1v) is 3.76. The number of carbonyl (C=O) groups is 2. The van der Waals surface area contributed by atoms with Gasteiger partial charge in [0.05, 0.1) is 6.10 Å². The van der Waals surface area contributed by atoms with Crippen LogP contribution >= 0.6 is 12.4 Å². The Bertz CT molecular complexity index is 210. The Morgan fingerprint density at radius 1 is 1.50 bits per heavy atom. The molecule has 0 aliphatic carbocycles. The predicted octanol–water partition coefficient (Wildman–Crippen LogP) is -1.34. The van der Waals surface area contributed by atoms with E-state index in [4.69, 9.17) is 15.9 Å². The number of carbonyl (C=O) groups excluding carboxylic acids is 1. The Hall–Kier alpha value is -0.850. The fraction of sp³-hybridized carbons (Fsp3) is 0.714. The Labute approximate surface area is 88.1 Å². The molecule has 1 amide bonds. The molecule has 0 radical (unpaired) electrons. The second kappa shape index (κ2) is 6.58. The molecule has 0 aliphatic rings. The number of halogens is 1. The fourth-order valence-electron chi connectivity index (χ4n) is 0.742. The minimum atomic E-state index is -1.12. The molecular formula is C7H15ClN2O4. The second-order valence-corrected chi connectivity index (χ2v) is 2.85. The molecule has 0 fully saturated rings. The van der Waals surface area contributed by atoms with E-state index in [0.29, 0.717) is 0 Å². The highest BCUT2D eigenvalue weighted by molar-refractivity contribution is 5.85. The van der Waals surface area contributed by atoms with Crippen molar-refractivity contribution in [3.8, 4) is 0 Å². The highest BCUT2D eigenvalue weighted by atomic mass is 35.5. The quantitative estimate of drug-likeness (QED) is 0.551. The third kappa shape index (κ3) is 5.00. The van der Waals surface area contributed by atoms with Crippen molar-refractivity contribution < 1.29 is 19.8 Å². The molecule has 0 heterocycles. The van der Waals surface area contributed by atoms with E-state index >= 15 is 0 Å². The summed E-state index contributed by atoms with van der Waals surface area (Å²) in [6, 6.07) is -1.07. The summed E-state index contributed by atoms with van der Waals surface area (Å²) in [6.45, 7) is 0.955. The molecule has 0 bridgehead atoms. The third-order valence-electron chi connectivity index (χ3n) is 1.55. The van der Waals surface area contributed by atoms with Gasteiger partial charge >= 0.3 is 5.97 Å². The van der Waals surface area contributed by atoms with Gasteiger partial charge in [0.15, 0.2) is 0 Å². The summed E-state index contributed by atoms with van der Waals surface area (Å²) in [7, 11) is 1.32. The number of rotatable bonds is 4. The average molecular weight is 227 g/mol. The maximum absolute atomic E-state index is 11.2. The summed E-state index contributed by atoms with van der Waals surface area (Å²) < 4.78 is 0. The van der Waals surface area contributed by atoms with Gasteiger partial charge in [-0.2, -0.15) is 0 Å². The van der Waals surface area contributed by atoms with Crippen molar-refractivity contribution in [2.24, 2.45) is 5.73 Å². The monoisotopic (exact) mass is 226 g/mol. The van der Waals surface area contributed by atoms with E-state index in [1.165, 1.54) is 14.0 Å². The van der Waals surface area contributed by atoms with Crippen molar-refractivity contribution in [2.45, 2.75) is 19.1 Å². The molecule has 84 valence electrons. The Kier molecular flexibility index (Phi) is 7.34. The van der Waals surface area contributed by atoms with E-state index in [0.717, 1.165) is 4.90 Å². The molecule has 0 rings (SSSR count). The molecule has 0 aromatic heterocycles. The number of likely N-dealkylation sites (N-methyl/N-ethyl adjacent to an activating group) is 1. The molecule has 0 aromatic rings. The van der Waals surface area contributed by atoms with Gasteiger partial charge in [-0.3, -0.25) is 9.59 Å². The van der Waals surface area contributed by atoms with E-state index in [1.807, 2.05) is 0 Å². The molecule has 6 nitrogen and oxygen atoms in total. The van der Waals surface area contributed by atoms with Crippen molar-refractivity contribution in [3.05, 3.63) is 0 Å². The van der Waals surface area contributed by atoms with Crippen LogP contribution in [0.5, 0.6) is 0 Å². The lowest BCUT2D eigenvalue weighted by Crippen LogP contribution is -2.49. The summed E-state index contributed by atoms with van der Waals surface area (Å²) in [5.41, 5.74) is 5.30. The molecule has 2 atom stereocenters. The first-order chi connectivity index (χ1) is 5.86. The maximum atomic E-state index is 11.2. The van der Waals surface area contributed by atoms with Gasteiger partial charge in [-0.25, -0.2) is 0 Å². The summed E-state index contributed by atoms with van der Waals surface area (Å²) in [5.74, 6) is -1.70. The lowest BCUT2D eigenvalue weighted by molar-refractivity contribution is -0.144. The van der Waals surface area contributed by atoms with Crippen molar-refractivity contribution in [1.82, 2.24) is 4.90 Å². The molecule has 0 aliphatic heterocycles. The molecule has 7 heteroatoms. The van der Waals surface area contributed by atoms with Gasteiger partial charge in [0.1, 0.15) is 12.6 Å². The SMILES string of the molecule is C[C@@H](O)[C@H](N)C(=O)N(C)CC(=O)O.Cl. The lowest BCUT2D eigenvalue weighted by atomic mass is 10.2. The number of nitrogens with zero attached hydrogens (tertiary/aromatic N) is 1. The normalized spacial score (nSPS) is 13.7. The second-order valence-electron chi connectivity index (χ2n) is 2.85. The number of nitrogens with two attached hydrogens (primary N) is 1. The van der Waals surface area contributed by atoms with Crippen molar-refractivity contribution in [3.63, 3.8) is 0 Å². The van der Waals surface area contributed by atoms with Crippen LogP contribution in [-0.2, 0) is 9.59 Å². The summed E-state index contributed by atoms with van der Waals surface area (Å²) >= 11 is 0. The molecule has 0 saturated carbocycles. The molecule has 0 aromatic carbocycles. The Balaban J connectivity index is 0. The van der Waals surface area contributed by atoms with Gasteiger partial charge in [0.2, 0.25) is 5.91 Å². The first-order valence-electron chi connectivity index (χ1n) is 3.76. The first kappa shape index (κ1) is 15.6. The van der Waals surface area contributed by atoms with Crippen molar-refractivity contribution in [1.29, 1.82) is 0 Å². The number of carboxylic acids is 1. The fourth-order valence-corrected chi connectivity index (χ4v) is 0.742. The minimum Gasteiger partial charge on any atom is -0.480 e. The van der Waals surface area contributed by atoms with Crippen LogP contribution in [0, 0.1) is 0 Å². The number of aliphatic carboxylic acids is 1. The van der Waals surface area contributed by atoms with E-state index < -0.39 is 30.6 Å². The van der Waals surface area contributed by atoms with Gasteiger partial charge in [-0.15, -0.1) is 12.4 Å². The van der Waals surface area contributed by atoms with E-state index in [-0.39, 0.29) is 12.4 Å². The minimum absolute atomic E-state index is 0. The number of carboxylic acid groups (broad SMARTS) is 1. The molecule has 0 saturated heterocycles. The smallest absolute Gasteiger partial charge is 0.323 e. The largest absolute Gasteiger partial charge is 0.480 e. The van der Waals surface area contributed by atoms with Crippen LogP contribution in [0.4, 0.5) is 0 Å². The van der Waals surface area contributed by atoms with E-state index in [1.54, 1.807) is 0 Å². The van der Waals surface area contributed by atoms with Gasteiger partial charge in [0, 0.05) is 7.05 Å². The van der Waals surface area contributed by atoms with Crippen LogP contribution < -0.4 is 5.73 Å². The number of hydrogen-bond acceptors (Lipinski definition) is 4. The van der Waals surface area contributed by atoms with Crippen LogP contribution in [0.1, 0.15) is 6.92 Å². The van der Waals surface area contributed by atoms with Crippen molar-refractivity contribution in [2.75, 3.05) is 13.6 Å². The van der Waals surface area contributed by atoms with Crippen molar-refractivity contribution >= 4 is 24.3 Å². The topological polar surface area (TPSA) is 104 Å². The zero-order chi connectivity index (χ0) is 10.6. The highest BCUT2D eigenvalue weighted by Gasteiger charge is 2.23. The summed E-state index contributed by atoms with van der Waals surface area (Å²) in [5, 5.41) is 17.3. The Morgan fingerprint density at radius 3 is 2.21 bits per heavy atom. The molecule has 14 heavy (non-hydrogen) atoms. The summed E-state index contributed by atoms with van der Waals surface area (Å²) in [6.07, 6.45) is -0.983. The summed E-state index contributed by atoms with van der Waals surface area (Å²) in [4.78, 5) is 22.4. The van der Waals surface area contributed by atoms with Crippen LogP contribution in [0.15, 0.2) is 0 Å². The molecule has 4 N–H and O–H groups in total. The number of aliphatic hydroxyl groups is 1. The number of aliphatic hydroxyl groups excluding tert-OH is 1. The number of hydrogen-bond donors (Lipinski definition) is 3. The van der Waals surface area contributed by atoms with E-state index in [9.17, 15) is 9.59 Å². The lowest BCUT2D eigenvalue weighted by Gasteiger charge is -2.20. The van der Waals surface area contributed by atoms with Crippen LogP contribution in [0.2, 0.25) is 0 Å². The molecule has 0 spiro atoms. The van der Waals surface area contributed by atoms with Gasteiger partial charge in [-0.05, 0) is 6.92 Å². The standard InChI is InChI=1S/C7H14N2O4.ClH/c1-4(10)6(8)7(13)9(2)3-5(11)12;/h4,6,10H,3,8H2,1-2H3,(H,11,12);1H/t4-,6+;/m1./s1. The zero-order valence-electron chi connectivity index (χ0n) is 8.01. The van der Waals surface area contributed by atoms with Crippen LogP contribution in [0.25, 0.3) is 0 Å². The average Bonchev–Trinajstić information content (AvgIpc) is 2.00. The maximum Gasteiger partial charge on any atom is 0.323 e. The number of amides is 1. The zero-order valence-corrected chi connectivity index (χ0v) is 8.82.